The van der Waals surface area contributed by atoms with Crippen LogP contribution in [0, 0.1) is 0 Å². The van der Waals surface area contributed by atoms with Gasteiger partial charge >= 0.3 is 0 Å². The fourth-order valence-corrected chi connectivity index (χ4v) is 3.84. The first-order valence-electron chi connectivity index (χ1n) is 9.33. The molecule has 0 N–H and O–H groups in total. The number of aromatic nitrogens is 1. The number of hydrogen-bond donors (Lipinski definition) is 0. The van der Waals surface area contributed by atoms with Gasteiger partial charge < -0.3 is 0 Å². The van der Waals surface area contributed by atoms with Gasteiger partial charge in [-0.1, -0.05) is 50.3 Å². The summed E-state index contributed by atoms with van der Waals surface area (Å²) in [6.07, 6.45) is 15.6. The smallest absolute Gasteiger partial charge is 0.189 e. The van der Waals surface area contributed by atoms with Crippen LogP contribution < -0.4 is 4.57 Å². The van der Waals surface area contributed by atoms with Gasteiger partial charge in [-0.15, -0.1) is 0 Å². The van der Waals surface area contributed by atoms with E-state index in [4.69, 9.17) is 0 Å². The first kappa shape index (κ1) is 17.4. The first-order chi connectivity index (χ1) is 12.2. The van der Waals surface area contributed by atoms with Crippen LogP contribution in [0.25, 0.3) is 22.9 Å². The summed E-state index contributed by atoms with van der Waals surface area (Å²) in [7, 11) is 0. The van der Waals surface area contributed by atoms with Gasteiger partial charge in [-0.25, -0.2) is 0 Å². The Kier molecular flexibility index (Phi) is 5.03. The van der Waals surface area contributed by atoms with Gasteiger partial charge in [0.25, 0.3) is 0 Å². The Hall–Kier alpha value is -2.41. The first-order valence-corrected chi connectivity index (χ1v) is 9.33. The van der Waals surface area contributed by atoms with Gasteiger partial charge in [0.05, 0.1) is 5.56 Å². The summed E-state index contributed by atoms with van der Waals surface area (Å²) in [5.74, 6) is 0. The normalized spacial score (nSPS) is 15.8. The van der Waals surface area contributed by atoms with Crippen molar-refractivity contribution in [1.29, 1.82) is 0 Å². The van der Waals surface area contributed by atoms with Gasteiger partial charge in [-0.3, -0.25) is 0 Å². The standard InChI is InChI=1S/C24H28N/c1-5-11-19(6-2)21-14-13-20-15-16-24(7-3,8-4)25-17-10-9-12-23(25)22(20)18-21/h5-6,9-18H,7-8H2,1-4H3/q+1. The Labute approximate surface area is 152 Å². The summed E-state index contributed by atoms with van der Waals surface area (Å²) in [6, 6.07) is 13.4. The van der Waals surface area contributed by atoms with E-state index in [0.29, 0.717) is 0 Å². The second-order valence-corrected chi connectivity index (χ2v) is 6.65. The minimum absolute atomic E-state index is 0.0442. The molecule has 3 rings (SSSR count). The highest BCUT2D eigenvalue weighted by molar-refractivity contribution is 5.81. The molecule has 2 heterocycles. The maximum atomic E-state index is 2.46. The van der Waals surface area contributed by atoms with Crippen molar-refractivity contribution in [2.75, 3.05) is 0 Å². The largest absolute Gasteiger partial charge is 0.213 e. The summed E-state index contributed by atoms with van der Waals surface area (Å²) < 4.78 is 2.46. The molecule has 0 unspecified atom stereocenters. The molecule has 1 heteroatoms. The fraction of sp³-hybridized carbons (Fsp3) is 0.292. The Morgan fingerprint density at radius 2 is 1.88 bits per heavy atom. The summed E-state index contributed by atoms with van der Waals surface area (Å²) in [6.45, 7) is 8.73. The highest BCUT2D eigenvalue weighted by atomic mass is 15.0. The molecule has 1 aromatic heterocycles. The third-order valence-corrected chi connectivity index (χ3v) is 5.46. The average molecular weight is 330 g/mol. The predicted octanol–water partition coefficient (Wildman–Crippen LogP) is 6.16. The van der Waals surface area contributed by atoms with Crippen molar-refractivity contribution in [3.05, 3.63) is 78.0 Å². The van der Waals surface area contributed by atoms with Crippen molar-refractivity contribution in [3.8, 4) is 11.3 Å². The SMILES string of the molecule is CC=CC(=CC)c1ccc2c(c1)-c1cccc[n+]1C(CC)(CC)C=C2. The Balaban J connectivity index is 2.26. The summed E-state index contributed by atoms with van der Waals surface area (Å²) in [5, 5.41) is 0. The number of nitrogens with zero attached hydrogens (tertiary/aromatic N) is 1. The van der Waals surface area contributed by atoms with E-state index in [-0.39, 0.29) is 5.54 Å². The molecule has 0 saturated heterocycles. The molecule has 0 fully saturated rings. The second kappa shape index (κ2) is 7.23. The van der Waals surface area contributed by atoms with E-state index < -0.39 is 0 Å². The number of rotatable bonds is 4. The van der Waals surface area contributed by atoms with Crippen LogP contribution in [0.4, 0.5) is 0 Å². The molecule has 1 aromatic carbocycles. The molecule has 0 aliphatic carbocycles. The van der Waals surface area contributed by atoms with Crippen molar-refractivity contribution in [1.82, 2.24) is 0 Å². The molecular weight excluding hydrogens is 302 g/mol. The van der Waals surface area contributed by atoms with Crippen molar-refractivity contribution in [2.45, 2.75) is 46.1 Å². The Bertz CT molecular complexity index is 848. The van der Waals surface area contributed by atoms with Crippen LogP contribution in [-0.4, -0.2) is 0 Å². The van der Waals surface area contributed by atoms with Crippen LogP contribution in [0.2, 0.25) is 0 Å². The number of hydrogen-bond acceptors (Lipinski definition) is 0. The minimum Gasteiger partial charge on any atom is -0.189 e. The van der Waals surface area contributed by atoms with Crippen LogP contribution in [0.1, 0.15) is 51.7 Å². The molecule has 0 spiro atoms. The molecule has 0 atom stereocenters. The van der Waals surface area contributed by atoms with E-state index in [1.54, 1.807) is 0 Å². The summed E-state index contributed by atoms with van der Waals surface area (Å²) in [5.41, 5.74) is 6.47. The van der Waals surface area contributed by atoms with Crippen LogP contribution in [-0.2, 0) is 5.54 Å². The summed E-state index contributed by atoms with van der Waals surface area (Å²) >= 11 is 0. The van der Waals surface area contributed by atoms with Crippen LogP contribution in [0.5, 0.6) is 0 Å². The second-order valence-electron chi connectivity index (χ2n) is 6.65. The van der Waals surface area contributed by atoms with E-state index in [1.807, 2.05) is 0 Å². The highest BCUT2D eigenvalue weighted by Gasteiger charge is 2.37. The molecular formula is C24H28N+. The van der Waals surface area contributed by atoms with Crippen LogP contribution in [0.3, 0.4) is 0 Å². The molecule has 2 aromatic rings. The van der Waals surface area contributed by atoms with Crippen molar-refractivity contribution < 1.29 is 4.57 Å². The van der Waals surface area contributed by atoms with E-state index in [1.165, 1.54) is 28.0 Å². The van der Waals surface area contributed by atoms with Gasteiger partial charge in [0.2, 0.25) is 5.69 Å². The molecule has 0 bridgehead atoms. The molecule has 0 saturated carbocycles. The van der Waals surface area contributed by atoms with Gasteiger partial charge in [0, 0.05) is 25.0 Å². The molecule has 25 heavy (non-hydrogen) atoms. The fourth-order valence-electron chi connectivity index (χ4n) is 3.84. The summed E-state index contributed by atoms with van der Waals surface area (Å²) in [4.78, 5) is 0. The lowest BCUT2D eigenvalue weighted by Crippen LogP contribution is -2.55. The van der Waals surface area contributed by atoms with Crippen LogP contribution >= 0.6 is 0 Å². The predicted molar refractivity (Wildman–Crippen MR) is 108 cm³/mol. The Morgan fingerprint density at radius 1 is 1.08 bits per heavy atom. The molecule has 1 aliphatic rings. The number of fused-ring (bicyclic) bond motifs is 3. The third-order valence-electron chi connectivity index (χ3n) is 5.46. The maximum Gasteiger partial charge on any atom is 0.213 e. The zero-order valence-corrected chi connectivity index (χ0v) is 15.8. The molecule has 1 nitrogen and oxygen atoms in total. The molecule has 128 valence electrons. The average Bonchev–Trinajstić information content (AvgIpc) is 2.81. The van der Waals surface area contributed by atoms with Crippen molar-refractivity contribution in [2.24, 2.45) is 0 Å². The lowest BCUT2D eigenvalue weighted by molar-refractivity contribution is -0.743. The lowest BCUT2D eigenvalue weighted by atomic mass is 9.91. The molecule has 1 aliphatic heterocycles. The monoisotopic (exact) mass is 330 g/mol. The minimum atomic E-state index is 0.0442. The van der Waals surface area contributed by atoms with E-state index in [9.17, 15) is 0 Å². The van der Waals surface area contributed by atoms with E-state index in [2.05, 4.69) is 105 Å². The van der Waals surface area contributed by atoms with Gasteiger partial charge in [-0.2, -0.15) is 4.57 Å². The zero-order chi connectivity index (χ0) is 17.9. The van der Waals surface area contributed by atoms with Gasteiger partial charge in [0.1, 0.15) is 0 Å². The maximum absolute atomic E-state index is 2.46. The quantitative estimate of drug-likeness (QED) is 0.467. The van der Waals surface area contributed by atoms with Gasteiger partial charge in [0.15, 0.2) is 11.7 Å². The third kappa shape index (κ3) is 3.00. The zero-order valence-electron chi connectivity index (χ0n) is 15.8. The number of allylic oxidation sites excluding steroid dienone is 5. The lowest BCUT2D eigenvalue weighted by Gasteiger charge is -2.23. The van der Waals surface area contributed by atoms with Crippen LogP contribution in [0.15, 0.2) is 66.9 Å². The van der Waals surface area contributed by atoms with E-state index in [0.717, 1.165) is 12.8 Å². The Morgan fingerprint density at radius 3 is 2.56 bits per heavy atom. The number of benzene rings is 1. The molecule has 0 amide bonds. The topological polar surface area (TPSA) is 3.88 Å². The highest BCUT2D eigenvalue weighted by Crippen LogP contribution is 2.34. The number of pyridine rings is 1. The van der Waals surface area contributed by atoms with Crippen molar-refractivity contribution in [3.63, 3.8) is 0 Å². The van der Waals surface area contributed by atoms with Crippen molar-refractivity contribution >= 4 is 11.6 Å². The molecule has 0 radical (unpaired) electrons. The van der Waals surface area contributed by atoms with E-state index >= 15 is 0 Å². The van der Waals surface area contributed by atoms with Gasteiger partial charge in [-0.05, 0) is 48.8 Å².